The van der Waals surface area contributed by atoms with Gasteiger partial charge in [0.15, 0.2) is 5.75 Å². The summed E-state index contributed by atoms with van der Waals surface area (Å²) < 4.78 is 4.89. The van der Waals surface area contributed by atoms with Crippen molar-refractivity contribution in [1.29, 1.82) is 0 Å². The molecular formula is C13H17ClN2O4. The van der Waals surface area contributed by atoms with E-state index in [2.05, 4.69) is 5.32 Å². The Labute approximate surface area is 122 Å². The molecule has 0 aliphatic rings. The minimum Gasteiger partial charge on any atom is -0.490 e. The number of carbonyl (C=O) groups is 1. The Balaban J connectivity index is 3.00. The second kappa shape index (κ2) is 6.56. The summed E-state index contributed by atoms with van der Waals surface area (Å²) >= 11 is 5.66. The van der Waals surface area contributed by atoms with Crippen LogP contribution in [0.2, 0.25) is 0 Å². The summed E-state index contributed by atoms with van der Waals surface area (Å²) in [7, 11) is 1.34. The van der Waals surface area contributed by atoms with E-state index >= 15 is 0 Å². The molecule has 1 rings (SSSR count). The fourth-order valence-electron chi connectivity index (χ4n) is 1.65. The predicted octanol–water partition coefficient (Wildman–Crippen LogP) is 2.74. The fourth-order valence-corrected chi connectivity index (χ4v) is 2.12. The van der Waals surface area contributed by atoms with Gasteiger partial charge in [0.1, 0.15) is 0 Å². The van der Waals surface area contributed by atoms with Gasteiger partial charge in [-0.2, -0.15) is 0 Å². The Hall–Kier alpha value is -1.82. The van der Waals surface area contributed by atoms with Gasteiger partial charge in [0.05, 0.1) is 12.0 Å². The van der Waals surface area contributed by atoms with E-state index in [-0.39, 0.29) is 22.9 Å². The number of nitro groups is 1. The SMILES string of the molecule is COc1ccc(C(=O)NC(C)(C)CCCl)cc1[N+](=O)[O-]. The molecule has 0 heterocycles. The van der Waals surface area contributed by atoms with Crippen LogP contribution in [-0.2, 0) is 0 Å². The highest BCUT2D eigenvalue weighted by molar-refractivity contribution is 6.17. The molecule has 1 amide bonds. The van der Waals surface area contributed by atoms with Crippen molar-refractivity contribution in [1.82, 2.24) is 5.32 Å². The molecule has 0 fully saturated rings. The molecule has 1 N–H and O–H groups in total. The minimum atomic E-state index is -0.584. The van der Waals surface area contributed by atoms with E-state index in [1.807, 2.05) is 13.8 Å². The molecule has 0 aromatic heterocycles. The average molecular weight is 301 g/mol. The molecule has 0 unspecified atom stereocenters. The zero-order valence-electron chi connectivity index (χ0n) is 11.6. The van der Waals surface area contributed by atoms with Crippen molar-refractivity contribution < 1.29 is 14.5 Å². The standard InChI is InChI=1S/C13H17ClN2O4/c1-13(2,6-7-14)15-12(17)9-4-5-11(20-3)10(8-9)16(18)19/h4-5,8H,6-7H2,1-3H3,(H,15,17). The molecule has 110 valence electrons. The van der Waals surface area contributed by atoms with Gasteiger partial charge in [-0.15, -0.1) is 11.6 Å². The number of methoxy groups -OCH3 is 1. The first kappa shape index (κ1) is 16.2. The van der Waals surface area contributed by atoms with Crippen LogP contribution < -0.4 is 10.1 Å². The molecule has 0 saturated carbocycles. The van der Waals surface area contributed by atoms with Crippen LogP contribution in [0.3, 0.4) is 0 Å². The van der Waals surface area contributed by atoms with E-state index in [4.69, 9.17) is 16.3 Å². The molecule has 6 nitrogen and oxygen atoms in total. The summed E-state index contributed by atoms with van der Waals surface area (Å²) in [5.41, 5.74) is -0.511. The summed E-state index contributed by atoms with van der Waals surface area (Å²) in [5.74, 6) is 0.146. The molecule has 0 saturated heterocycles. The van der Waals surface area contributed by atoms with Crippen molar-refractivity contribution in [2.24, 2.45) is 0 Å². The van der Waals surface area contributed by atoms with Crippen LogP contribution in [0.4, 0.5) is 5.69 Å². The number of carbonyl (C=O) groups excluding carboxylic acids is 1. The number of nitrogens with one attached hydrogen (secondary N) is 1. The average Bonchev–Trinajstić information content (AvgIpc) is 2.37. The number of ether oxygens (including phenoxy) is 1. The van der Waals surface area contributed by atoms with Crippen molar-refractivity contribution >= 4 is 23.2 Å². The van der Waals surface area contributed by atoms with Crippen molar-refractivity contribution in [2.45, 2.75) is 25.8 Å². The number of halogens is 1. The lowest BCUT2D eigenvalue weighted by molar-refractivity contribution is -0.385. The lowest BCUT2D eigenvalue weighted by atomic mass is 10.0. The van der Waals surface area contributed by atoms with Gasteiger partial charge in [-0.1, -0.05) is 0 Å². The summed E-state index contributed by atoms with van der Waals surface area (Å²) in [6.07, 6.45) is 0.596. The van der Waals surface area contributed by atoms with Crippen LogP contribution in [0, 0.1) is 10.1 Å². The van der Waals surface area contributed by atoms with Gasteiger partial charge in [0.2, 0.25) is 0 Å². The zero-order valence-corrected chi connectivity index (χ0v) is 12.4. The number of alkyl halides is 1. The van der Waals surface area contributed by atoms with Crippen LogP contribution in [0.1, 0.15) is 30.6 Å². The van der Waals surface area contributed by atoms with Crippen LogP contribution in [0.5, 0.6) is 5.75 Å². The summed E-state index contributed by atoms with van der Waals surface area (Å²) in [6.45, 7) is 3.68. The quantitative estimate of drug-likeness (QED) is 0.497. The summed E-state index contributed by atoms with van der Waals surface area (Å²) in [6, 6.07) is 4.09. The highest BCUT2D eigenvalue weighted by atomic mass is 35.5. The molecule has 1 aromatic carbocycles. The second-order valence-electron chi connectivity index (χ2n) is 4.92. The third-order valence-corrected chi connectivity index (χ3v) is 3.00. The maximum absolute atomic E-state index is 12.1. The van der Waals surface area contributed by atoms with Gasteiger partial charge in [0, 0.05) is 23.0 Å². The Kier molecular flexibility index (Phi) is 5.33. The third-order valence-electron chi connectivity index (χ3n) is 2.81. The largest absolute Gasteiger partial charge is 0.490 e. The number of hydrogen-bond acceptors (Lipinski definition) is 4. The van der Waals surface area contributed by atoms with Gasteiger partial charge in [-0.3, -0.25) is 14.9 Å². The van der Waals surface area contributed by atoms with Crippen molar-refractivity contribution in [3.63, 3.8) is 0 Å². The lowest BCUT2D eigenvalue weighted by Gasteiger charge is -2.25. The van der Waals surface area contributed by atoms with Gasteiger partial charge in [-0.05, 0) is 32.4 Å². The first-order chi connectivity index (χ1) is 9.30. The fraction of sp³-hybridized carbons (Fsp3) is 0.462. The summed E-state index contributed by atoms with van der Waals surface area (Å²) in [4.78, 5) is 22.4. The van der Waals surface area contributed by atoms with Gasteiger partial charge < -0.3 is 10.1 Å². The molecule has 20 heavy (non-hydrogen) atoms. The highest BCUT2D eigenvalue weighted by Gasteiger charge is 2.23. The molecular weight excluding hydrogens is 284 g/mol. The number of nitrogens with zero attached hydrogens (tertiary/aromatic N) is 1. The normalized spacial score (nSPS) is 11.0. The monoisotopic (exact) mass is 300 g/mol. The first-order valence-corrected chi connectivity index (χ1v) is 6.55. The zero-order chi connectivity index (χ0) is 15.3. The maximum Gasteiger partial charge on any atom is 0.311 e. The van der Waals surface area contributed by atoms with E-state index in [0.29, 0.717) is 12.3 Å². The number of hydrogen-bond donors (Lipinski definition) is 1. The van der Waals surface area contributed by atoms with E-state index in [0.717, 1.165) is 0 Å². The number of rotatable bonds is 6. The van der Waals surface area contributed by atoms with Gasteiger partial charge in [0.25, 0.3) is 5.91 Å². The first-order valence-electron chi connectivity index (χ1n) is 6.01. The molecule has 0 spiro atoms. The molecule has 0 aliphatic carbocycles. The van der Waals surface area contributed by atoms with Crippen molar-refractivity contribution in [2.75, 3.05) is 13.0 Å². The number of amides is 1. The van der Waals surface area contributed by atoms with E-state index < -0.39 is 10.5 Å². The van der Waals surface area contributed by atoms with Gasteiger partial charge >= 0.3 is 5.69 Å². The Morgan fingerprint density at radius 3 is 2.65 bits per heavy atom. The molecule has 0 aliphatic heterocycles. The molecule has 1 aromatic rings. The van der Waals surface area contributed by atoms with E-state index in [1.54, 1.807) is 0 Å². The third kappa shape index (κ3) is 4.09. The highest BCUT2D eigenvalue weighted by Crippen LogP contribution is 2.27. The van der Waals surface area contributed by atoms with E-state index in [1.165, 1.54) is 25.3 Å². The molecule has 0 bridgehead atoms. The lowest BCUT2D eigenvalue weighted by Crippen LogP contribution is -2.43. The van der Waals surface area contributed by atoms with Crippen molar-refractivity contribution in [3.8, 4) is 5.75 Å². The smallest absolute Gasteiger partial charge is 0.311 e. The number of nitro benzene ring substituents is 1. The topological polar surface area (TPSA) is 81.5 Å². The van der Waals surface area contributed by atoms with Gasteiger partial charge in [-0.25, -0.2) is 0 Å². The van der Waals surface area contributed by atoms with Crippen LogP contribution >= 0.6 is 11.6 Å². The second-order valence-corrected chi connectivity index (χ2v) is 5.30. The minimum absolute atomic E-state index is 0.117. The Morgan fingerprint density at radius 2 is 2.15 bits per heavy atom. The van der Waals surface area contributed by atoms with E-state index in [9.17, 15) is 14.9 Å². The Bertz CT molecular complexity index is 517. The molecule has 0 atom stereocenters. The molecule has 0 radical (unpaired) electrons. The predicted molar refractivity (Wildman–Crippen MR) is 76.5 cm³/mol. The van der Waals surface area contributed by atoms with Crippen molar-refractivity contribution in [3.05, 3.63) is 33.9 Å². The van der Waals surface area contributed by atoms with Crippen LogP contribution in [0.15, 0.2) is 18.2 Å². The van der Waals surface area contributed by atoms with Crippen LogP contribution in [-0.4, -0.2) is 29.4 Å². The summed E-state index contributed by atoms with van der Waals surface area (Å²) in [5, 5.41) is 13.7. The maximum atomic E-state index is 12.1. The Morgan fingerprint density at radius 1 is 1.50 bits per heavy atom. The number of benzene rings is 1. The van der Waals surface area contributed by atoms with Crippen LogP contribution in [0.25, 0.3) is 0 Å². The molecule has 7 heteroatoms.